The Bertz CT molecular complexity index is 427. The second-order valence-corrected chi connectivity index (χ2v) is 5.82. The van der Waals surface area contributed by atoms with E-state index in [2.05, 4.69) is 5.32 Å². The van der Waals surface area contributed by atoms with Crippen LogP contribution in [0, 0.1) is 5.92 Å². The number of amides is 1. The Labute approximate surface area is 126 Å². The lowest BCUT2D eigenvalue weighted by Gasteiger charge is -2.26. The van der Waals surface area contributed by atoms with Gasteiger partial charge in [0, 0.05) is 17.5 Å². The first-order chi connectivity index (χ1) is 9.40. The van der Waals surface area contributed by atoms with Crippen molar-refractivity contribution >= 4 is 17.5 Å². The molecule has 0 aromatic heterocycles. The van der Waals surface area contributed by atoms with Crippen molar-refractivity contribution in [1.29, 1.82) is 0 Å². The van der Waals surface area contributed by atoms with Crippen molar-refractivity contribution in [2.75, 3.05) is 6.54 Å². The number of carbonyl (C=O) groups excluding carboxylic acids is 1. The van der Waals surface area contributed by atoms with Gasteiger partial charge in [-0.2, -0.15) is 0 Å². The fraction of sp³-hybridized carbons (Fsp3) is 0.562. The molecule has 1 atom stereocenters. The second kappa shape index (κ2) is 7.65. The van der Waals surface area contributed by atoms with Crippen LogP contribution in [0.25, 0.3) is 0 Å². The fourth-order valence-corrected chi connectivity index (χ4v) is 2.12. The largest absolute Gasteiger partial charge is 0.388 e. The van der Waals surface area contributed by atoms with Crippen LogP contribution in [-0.2, 0) is 11.2 Å². The number of halogens is 1. The van der Waals surface area contributed by atoms with Gasteiger partial charge in [-0.25, -0.2) is 0 Å². The zero-order chi connectivity index (χ0) is 15.2. The maximum atomic E-state index is 12.0. The van der Waals surface area contributed by atoms with Crippen molar-refractivity contribution in [3.05, 3.63) is 34.9 Å². The van der Waals surface area contributed by atoms with Crippen LogP contribution in [0.3, 0.4) is 0 Å². The zero-order valence-electron chi connectivity index (χ0n) is 12.4. The molecule has 1 amide bonds. The van der Waals surface area contributed by atoms with Crippen LogP contribution >= 0.6 is 11.6 Å². The van der Waals surface area contributed by atoms with E-state index in [1.54, 1.807) is 0 Å². The van der Waals surface area contributed by atoms with Crippen LogP contribution in [0.4, 0.5) is 0 Å². The van der Waals surface area contributed by atoms with Crippen LogP contribution < -0.4 is 5.32 Å². The predicted molar refractivity (Wildman–Crippen MR) is 82.9 cm³/mol. The number of aliphatic hydroxyl groups is 1. The summed E-state index contributed by atoms with van der Waals surface area (Å²) in [4.78, 5) is 12.0. The molecule has 4 heteroatoms. The third-order valence-electron chi connectivity index (χ3n) is 3.81. The Morgan fingerprint density at radius 2 is 1.85 bits per heavy atom. The summed E-state index contributed by atoms with van der Waals surface area (Å²) >= 11 is 5.84. The predicted octanol–water partition coefficient (Wildman–Crippen LogP) is 3.19. The zero-order valence-corrected chi connectivity index (χ0v) is 13.2. The number of rotatable bonds is 7. The maximum Gasteiger partial charge on any atom is 0.223 e. The summed E-state index contributed by atoms with van der Waals surface area (Å²) in [6, 6.07) is 7.52. The molecule has 0 bridgehead atoms. The molecule has 20 heavy (non-hydrogen) atoms. The number of benzene rings is 1. The highest BCUT2D eigenvalue weighted by atomic mass is 35.5. The van der Waals surface area contributed by atoms with Crippen molar-refractivity contribution in [1.82, 2.24) is 5.32 Å². The highest BCUT2D eigenvalue weighted by molar-refractivity contribution is 6.30. The van der Waals surface area contributed by atoms with E-state index in [1.165, 1.54) is 0 Å². The molecule has 1 rings (SSSR count). The molecule has 0 saturated carbocycles. The average molecular weight is 298 g/mol. The Kier molecular flexibility index (Phi) is 6.50. The molecule has 0 radical (unpaired) electrons. The van der Waals surface area contributed by atoms with Crippen LogP contribution in [0.2, 0.25) is 5.02 Å². The molecular formula is C16H24ClNO2. The molecule has 0 aliphatic rings. The number of nitrogens with one attached hydrogen (secondary N) is 1. The summed E-state index contributed by atoms with van der Waals surface area (Å²) < 4.78 is 0. The topological polar surface area (TPSA) is 49.3 Å². The Morgan fingerprint density at radius 3 is 2.35 bits per heavy atom. The molecule has 2 N–H and O–H groups in total. The third-order valence-corrected chi connectivity index (χ3v) is 4.06. The average Bonchev–Trinajstić information content (AvgIpc) is 2.46. The molecule has 1 unspecified atom stereocenters. The third kappa shape index (κ3) is 5.14. The Hall–Kier alpha value is -1.06. The first-order valence-electron chi connectivity index (χ1n) is 7.14. The minimum atomic E-state index is -0.796. The van der Waals surface area contributed by atoms with Gasteiger partial charge in [0.2, 0.25) is 5.91 Å². The van der Waals surface area contributed by atoms with Crippen molar-refractivity contribution in [3.8, 4) is 0 Å². The monoisotopic (exact) mass is 297 g/mol. The summed E-state index contributed by atoms with van der Waals surface area (Å²) in [5, 5.41) is 13.7. The van der Waals surface area contributed by atoms with Crippen molar-refractivity contribution in [2.45, 2.75) is 45.6 Å². The van der Waals surface area contributed by atoms with E-state index in [0.29, 0.717) is 30.8 Å². The molecule has 0 heterocycles. The van der Waals surface area contributed by atoms with Gasteiger partial charge in [0.15, 0.2) is 0 Å². The van der Waals surface area contributed by atoms with Gasteiger partial charge in [-0.05, 0) is 37.0 Å². The molecule has 0 aliphatic heterocycles. The summed E-state index contributed by atoms with van der Waals surface area (Å²) in [5.41, 5.74) is 0.286. The van der Waals surface area contributed by atoms with Gasteiger partial charge < -0.3 is 10.4 Å². The Balaban J connectivity index is 2.49. The standard InChI is InChI=1S/C16H24ClNO2/c1-4-16(20,5-2)11-18-15(19)12(3)10-13-6-8-14(17)9-7-13/h6-9,12,20H,4-5,10-11H2,1-3H3,(H,18,19). The molecule has 0 fully saturated rings. The minimum Gasteiger partial charge on any atom is -0.388 e. The molecule has 3 nitrogen and oxygen atoms in total. The number of carbonyl (C=O) groups is 1. The van der Waals surface area contributed by atoms with Crippen LogP contribution in [0.1, 0.15) is 39.2 Å². The van der Waals surface area contributed by atoms with Crippen molar-refractivity contribution in [2.24, 2.45) is 5.92 Å². The summed E-state index contributed by atoms with van der Waals surface area (Å²) in [7, 11) is 0. The van der Waals surface area contributed by atoms with Crippen LogP contribution in [0.5, 0.6) is 0 Å². The van der Waals surface area contributed by atoms with E-state index in [0.717, 1.165) is 5.56 Å². The minimum absolute atomic E-state index is 0.0275. The summed E-state index contributed by atoms with van der Waals surface area (Å²) in [6.07, 6.45) is 1.93. The lowest BCUT2D eigenvalue weighted by molar-refractivity contribution is -0.125. The lowest BCUT2D eigenvalue weighted by atomic mass is 9.96. The van der Waals surface area contributed by atoms with Gasteiger partial charge in [-0.15, -0.1) is 0 Å². The van der Waals surface area contributed by atoms with Gasteiger partial charge in [-0.3, -0.25) is 4.79 Å². The molecule has 1 aromatic rings. The summed E-state index contributed by atoms with van der Waals surface area (Å²) in [5.74, 6) is -0.158. The molecule has 112 valence electrons. The van der Waals surface area contributed by atoms with Crippen molar-refractivity contribution in [3.63, 3.8) is 0 Å². The SMILES string of the molecule is CCC(O)(CC)CNC(=O)C(C)Cc1ccc(Cl)cc1. The van der Waals surface area contributed by atoms with Crippen LogP contribution in [0.15, 0.2) is 24.3 Å². The van der Waals surface area contributed by atoms with E-state index in [9.17, 15) is 9.90 Å². The molecule has 1 aromatic carbocycles. The van der Waals surface area contributed by atoms with E-state index >= 15 is 0 Å². The first-order valence-corrected chi connectivity index (χ1v) is 7.52. The fourth-order valence-electron chi connectivity index (χ4n) is 1.99. The first kappa shape index (κ1) is 17.0. The number of hydrogen-bond donors (Lipinski definition) is 2. The van der Waals surface area contributed by atoms with E-state index < -0.39 is 5.60 Å². The highest BCUT2D eigenvalue weighted by Crippen LogP contribution is 2.15. The van der Waals surface area contributed by atoms with Gasteiger partial charge in [0.1, 0.15) is 0 Å². The van der Waals surface area contributed by atoms with Gasteiger partial charge >= 0.3 is 0 Å². The smallest absolute Gasteiger partial charge is 0.223 e. The van der Waals surface area contributed by atoms with E-state index in [1.807, 2.05) is 45.0 Å². The maximum absolute atomic E-state index is 12.0. The second-order valence-electron chi connectivity index (χ2n) is 5.38. The Morgan fingerprint density at radius 1 is 1.30 bits per heavy atom. The molecule has 0 aliphatic carbocycles. The lowest BCUT2D eigenvalue weighted by Crippen LogP contribution is -2.43. The quantitative estimate of drug-likeness (QED) is 0.812. The van der Waals surface area contributed by atoms with Crippen molar-refractivity contribution < 1.29 is 9.90 Å². The molecule has 0 spiro atoms. The van der Waals surface area contributed by atoms with Gasteiger partial charge in [-0.1, -0.05) is 44.5 Å². The molecule has 0 saturated heterocycles. The highest BCUT2D eigenvalue weighted by Gasteiger charge is 2.24. The van der Waals surface area contributed by atoms with E-state index in [4.69, 9.17) is 11.6 Å². The van der Waals surface area contributed by atoms with Crippen LogP contribution in [-0.4, -0.2) is 23.2 Å². The van der Waals surface area contributed by atoms with E-state index in [-0.39, 0.29) is 11.8 Å². The summed E-state index contributed by atoms with van der Waals surface area (Å²) in [6.45, 7) is 6.05. The van der Waals surface area contributed by atoms with Gasteiger partial charge in [0.05, 0.1) is 5.60 Å². The van der Waals surface area contributed by atoms with Gasteiger partial charge in [0.25, 0.3) is 0 Å². The number of hydrogen-bond acceptors (Lipinski definition) is 2. The normalized spacial score (nSPS) is 13.1. The molecular weight excluding hydrogens is 274 g/mol.